The molecule has 0 spiro atoms. The van der Waals surface area contributed by atoms with Crippen LogP contribution in [0.5, 0.6) is 0 Å². The van der Waals surface area contributed by atoms with Gasteiger partial charge in [-0.3, -0.25) is 0 Å². The molecule has 2 N–H and O–H groups in total. The summed E-state index contributed by atoms with van der Waals surface area (Å²) in [6, 6.07) is 17.2. The quantitative estimate of drug-likeness (QED) is 0.787. The van der Waals surface area contributed by atoms with Gasteiger partial charge in [0.15, 0.2) is 0 Å². The first-order chi connectivity index (χ1) is 9.33. The van der Waals surface area contributed by atoms with E-state index in [2.05, 4.69) is 36.4 Å². The highest BCUT2D eigenvalue weighted by atomic mass is 14.5. The highest BCUT2D eigenvalue weighted by Gasteiger charge is 2.25. The van der Waals surface area contributed by atoms with Crippen molar-refractivity contribution in [3.8, 4) is 0 Å². The summed E-state index contributed by atoms with van der Waals surface area (Å²) in [5, 5.41) is 0. The maximum Gasteiger partial charge on any atom is 0.0316 e. The maximum absolute atomic E-state index is 5.81. The molecule has 1 saturated carbocycles. The van der Waals surface area contributed by atoms with E-state index in [0.717, 1.165) is 18.0 Å². The smallest absolute Gasteiger partial charge is 0.0316 e. The first kappa shape index (κ1) is 12.3. The first-order valence-electron chi connectivity index (χ1n) is 7.25. The largest absolute Gasteiger partial charge is 0.399 e. The second kappa shape index (κ2) is 5.48. The zero-order valence-corrected chi connectivity index (χ0v) is 11.3. The molecule has 0 amide bonds. The molecule has 0 bridgehead atoms. The normalized spacial score (nSPS) is 14.5. The Morgan fingerprint density at radius 3 is 2.58 bits per heavy atom. The predicted octanol–water partition coefficient (Wildman–Crippen LogP) is 4.32. The molecule has 19 heavy (non-hydrogen) atoms. The van der Waals surface area contributed by atoms with Crippen molar-refractivity contribution in [1.82, 2.24) is 0 Å². The lowest BCUT2D eigenvalue weighted by atomic mass is 9.97. The van der Waals surface area contributed by atoms with Gasteiger partial charge in [-0.1, -0.05) is 36.4 Å². The van der Waals surface area contributed by atoms with Crippen LogP contribution in [0.3, 0.4) is 0 Å². The second-order valence-corrected chi connectivity index (χ2v) is 5.57. The van der Waals surface area contributed by atoms with Crippen molar-refractivity contribution in [3.63, 3.8) is 0 Å². The van der Waals surface area contributed by atoms with E-state index >= 15 is 0 Å². The summed E-state index contributed by atoms with van der Waals surface area (Å²) < 4.78 is 0. The lowest BCUT2D eigenvalue weighted by Crippen LogP contribution is -1.95. The zero-order chi connectivity index (χ0) is 13.1. The van der Waals surface area contributed by atoms with Crippen LogP contribution in [-0.2, 0) is 12.8 Å². The van der Waals surface area contributed by atoms with Crippen LogP contribution >= 0.6 is 0 Å². The van der Waals surface area contributed by atoms with Gasteiger partial charge in [0.25, 0.3) is 0 Å². The van der Waals surface area contributed by atoms with Gasteiger partial charge in [0.1, 0.15) is 0 Å². The highest BCUT2D eigenvalue weighted by Crippen LogP contribution is 2.41. The number of benzene rings is 2. The van der Waals surface area contributed by atoms with Crippen LogP contribution in [-0.4, -0.2) is 0 Å². The molecule has 1 aliphatic carbocycles. The average Bonchev–Trinajstić information content (AvgIpc) is 3.24. The molecule has 0 radical (unpaired) electrons. The summed E-state index contributed by atoms with van der Waals surface area (Å²) in [6.45, 7) is 0. The van der Waals surface area contributed by atoms with Crippen LogP contribution in [0, 0.1) is 0 Å². The van der Waals surface area contributed by atoms with Gasteiger partial charge < -0.3 is 5.73 Å². The minimum absolute atomic E-state index is 0.851. The van der Waals surface area contributed by atoms with Crippen molar-refractivity contribution in [2.24, 2.45) is 0 Å². The zero-order valence-electron chi connectivity index (χ0n) is 11.3. The van der Waals surface area contributed by atoms with Gasteiger partial charge in [-0.05, 0) is 66.8 Å². The Labute approximate surface area is 115 Å². The van der Waals surface area contributed by atoms with Gasteiger partial charge in [0.05, 0.1) is 0 Å². The fourth-order valence-electron chi connectivity index (χ4n) is 2.79. The fraction of sp³-hybridized carbons (Fsp3) is 0.333. The molecule has 0 aliphatic heterocycles. The third-order valence-electron chi connectivity index (χ3n) is 3.93. The van der Waals surface area contributed by atoms with Crippen LogP contribution in [0.1, 0.15) is 41.9 Å². The Morgan fingerprint density at radius 1 is 0.947 bits per heavy atom. The maximum atomic E-state index is 5.81. The Hall–Kier alpha value is -1.76. The van der Waals surface area contributed by atoms with Gasteiger partial charge in [0, 0.05) is 5.69 Å². The summed E-state index contributed by atoms with van der Waals surface area (Å²) in [6.07, 6.45) is 6.26. The minimum Gasteiger partial charge on any atom is -0.399 e. The lowest BCUT2D eigenvalue weighted by Gasteiger charge is -2.08. The van der Waals surface area contributed by atoms with Crippen molar-refractivity contribution in [3.05, 3.63) is 65.2 Å². The molecule has 1 heteroatoms. The number of nitrogen functional groups attached to an aromatic ring is 1. The van der Waals surface area contributed by atoms with Gasteiger partial charge in [0.2, 0.25) is 0 Å². The number of anilines is 1. The lowest BCUT2D eigenvalue weighted by molar-refractivity contribution is 0.810. The summed E-state index contributed by atoms with van der Waals surface area (Å²) >= 11 is 0. The molecule has 98 valence electrons. The van der Waals surface area contributed by atoms with Gasteiger partial charge in [-0.25, -0.2) is 0 Å². The van der Waals surface area contributed by atoms with Crippen LogP contribution in [0.15, 0.2) is 48.5 Å². The summed E-state index contributed by atoms with van der Waals surface area (Å²) in [7, 11) is 0. The Balaban J connectivity index is 1.60. The van der Waals surface area contributed by atoms with Crippen molar-refractivity contribution in [2.45, 2.75) is 38.0 Å². The Bertz CT molecular complexity index is 555. The monoisotopic (exact) mass is 251 g/mol. The van der Waals surface area contributed by atoms with Crippen molar-refractivity contribution >= 4 is 5.69 Å². The van der Waals surface area contributed by atoms with Crippen LogP contribution in [0.4, 0.5) is 5.69 Å². The Kier molecular flexibility index (Phi) is 3.54. The van der Waals surface area contributed by atoms with E-state index in [0.29, 0.717) is 0 Å². The average molecular weight is 251 g/mol. The van der Waals surface area contributed by atoms with Crippen molar-refractivity contribution < 1.29 is 0 Å². The summed E-state index contributed by atoms with van der Waals surface area (Å²) in [5.74, 6) is 0.851. The van der Waals surface area contributed by atoms with E-state index in [1.165, 1.54) is 31.2 Å². The third-order valence-corrected chi connectivity index (χ3v) is 3.93. The molecule has 0 heterocycles. The number of hydrogen-bond acceptors (Lipinski definition) is 1. The topological polar surface area (TPSA) is 26.0 Å². The van der Waals surface area contributed by atoms with Crippen LogP contribution in [0.25, 0.3) is 0 Å². The predicted molar refractivity (Wildman–Crippen MR) is 81.3 cm³/mol. The molecule has 2 aromatic carbocycles. The summed E-state index contributed by atoms with van der Waals surface area (Å²) in [4.78, 5) is 0. The van der Waals surface area contributed by atoms with E-state index in [-0.39, 0.29) is 0 Å². The molecule has 0 saturated heterocycles. The van der Waals surface area contributed by atoms with Crippen molar-refractivity contribution in [1.29, 1.82) is 0 Å². The molecule has 2 aromatic rings. The minimum atomic E-state index is 0.851. The van der Waals surface area contributed by atoms with E-state index in [1.807, 2.05) is 12.1 Å². The molecule has 3 rings (SSSR count). The molecule has 1 fully saturated rings. The Morgan fingerprint density at radius 2 is 1.79 bits per heavy atom. The highest BCUT2D eigenvalue weighted by molar-refractivity contribution is 5.40. The second-order valence-electron chi connectivity index (χ2n) is 5.57. The fourth-order valence-corrected chi connectivity index (χ4v) is 2.79. The molecule has 0 unspecified atom stereocenters. The third kappa shape index (κ3) is 3.17. The molecule has 0 atom stereocenters. The molecule has 0 aromatic heterocycles. The van der Waals surface area contributed by atoms with Gasteiger partial charge in [-0.2, -0.15) is 0 Å². The van der Waals surface area contributed by atoms with Gasteiger partial charge >= 0.3 is 0 Å². The van der Waals surface area contributed by atoms with Crippen molar-refractivity contribution in [2.75, 3.05) is 5.73 Å². The standard InChI is InChI=1S/C18H21N/c19-17-9-4-6-14(13-17)5-3-8-15-7-1-2-10-18(15)16-11-12-16/h1-2,4,6-7,9-10,13,16H,3,5,8,11-12,19H2. The molecule has 1 nitrogen and oxygen atoms in total. The molecular formula is C18H21N. The SMILES string of the molecule is Nc1cccc(CCCc2ccccc2C2CC2)c1. The van der Waals surface area contributed by atoms with E-state index in [9.17, 15) is 0 Å². The van der Waals surface area contributed by atoms with E-state index in [4.69, 9.17) is 5.73 Å². The molecule has 1 aliphatic rings. The van der Waals surface area contributed by atoms with Crippen LogP contribution < -0.4 is 5.73 Å². The van der Waals surface area contributed by atoms with Crippen LogP contribution in [0.2, 0.25) is 0 Å². The van der Waals surface area contributed by atoms with Gasteiger partial charge in [-0.15, -0.1) is 0 Å². The number of hydrogen-bond donors (Lipinski definition) is 1. The van der Waals surface area contributed by atoms with E-state index < -0.39 is 0 Å². The number of aryl methyl sites for hydroxylation is 2. The van der Waals surface area contributed by atoms with E-state index in [1.54, 1.807) is 11.1 Å². The molecular weight excluding hydrogens is 230 g/mol. The number of nitrogens with two attached hydrogens (primary N) is 1. The summed E-state index contributed by atoms with van der Waals surface area (Å²) in [5.41, 5.74) is 11.2. The first-order valence-corrected chi connectivity index (χ1v) is 7.25. The number of rotatable bonds is 5.